The molecule has 0 aliphatic rings. The molecule has 2 rings (SSSR count). The van der Waals surface area contributed by atoms with Gasteiger partial charge in [0.05, 0.1) is 23.2 Å². The minimum absolute atomic E-state index is 0.233. The lowest BCUT2D eigenvalue weighted by atomic mass is 9.91. The van der Waals surface area contributed by atoms with Crippen LogP contribution in [-0.2, 0) is 6.42 Å². The van der Waals surface area contributed by atoms with Crippen molar-refractivity contribution >= 4 is 31.9 Å². The van der Waals surface area contributed by atoms with Crippen molar-refractivity contribution < 1.29 is 9.47 Å². The number of rotatable bonds is 5. The zero-order valence-corrected chi connectivity index (χ0v) is 16.4. The second kappa shape index (κ2) is 7.51. The van der Waals surface area contributed by atoms with Crippen molar-refractivity contribution in [1.82, 2.24) is 0 Å². The summed E-state index contributed by atoms with van der Waals surface area (Å²) in [5, 5.41) is 0. The van der Waals surface area contributed by atoms with Gasteiger partial charge in [-0.05, 0) is 73.2 Å². The number of ether oxygens (including phenoxy) is 2. The van der Waals surface area contributed by atoms with Crippen molar-refractivity contribution in [3.05, 3.63) is 56.0 Å². The molecule has 0 spiro atoms. The zero-order chi connectivity index (χ0) is 16.3. The van der Waals surface area contributed by atoms with E-state index in [-0.39, 0.29) is 5.92 Å². The Hall–Kier alpha value is -1.00. The quantitative estimate of drug-likeness (QED) is 0.587. The van der Waals surface area contributed by atoms with Gasteiger partial charge in [0.15, 0.2) is 0 Å². The summed E-state index contributed by atoms with van der Waals surface area (Å²) >= 11 is 7.19. The Morgan fingerprint density at radius 3 is 2.27 bits per heavy atom. The van der Waals surface area contributed by atoms with Gasteiger partial charge in [0.25, 0.3) is 0 Å². The molecular weight excluding hydrogens is 408 g/mol. The summed E-state index contributed by atoms with van der Waals surface area (Å²) in [6.07, 6.45) is 0.979. The van der Waals surface area contributed by atoms with E-state index in [2.05, 4.69) is 70.0 Å². The molecule has 22 heavy (non-hydrogen) atoms. The molecular formula is C18H20Br2O2. The van der Waals surface area contributed by atoms with Crippen molar-refractivity contribution in [2.75, 3.05) is 14.2 Å². The molecule has 0 aliphatic carbocycles. The van der Waals surface area contributed by atoms with Gasteiger partial charge in [-0.15, -0.1) is 0 Å². The Labute approximate surface area is 149 Å². The highest BCUT2D eigenvalue weighted by Gasteiger charge is 2.17. The van der Waals surface area contributed by atoms with Crippen LogP contribution in [0.1, 0.15) is 36.5 Å². The fraction of sp³-hybridized carbons (Fsp3) is 0.333. The number of halogens is 2. The Bertz CT molecular complexity index is 668. The fourth-order valence-corrected chi connectivity index (χ4v) is 3.61. The highest BCUT2D eigenvalue weighted by atomic mass is 79.9. The summed E-state index contributed by atoms with van der Waals surface area (Å²) in [6, 6.07) is 10.6. The Morgan fingerprint density at radius 1 is 1.00 bits per heavy atom. The van der Waals surface area contributed by atoms with Crippen LogP contribution in [0.25, 0.3) is 0 Å². The third-order valence-electron chi connectivity index (χ3n) is 3.90. The third-order valence-corrected chi connectivity index (χ3v) is 5.40. The van der Waals surface area contributed by atoms with Crippen LogP contribution < -0.4 is 9.47 Å². The predicted octanol–water partition coefficient (Wildman–Crippen LogP) is 5.94. The van der Waals surface area contributed by atoms with Crippen molar-refractivity contribution in [1.29, 1.82) is 0 Å². The van der Waals surface area contributed by atoms with Gasteiger partial charge in [-0.25, -0.2) is 0 Å². The van der Waals surface area contributed by atoms with Gasteiger partial charge >= 0.3 is 0 Å². The van der Waals surface area contributed by atoms with E-state index < -0.39 is 0 Å². The van der Waals surface area contributed by atoms with Crippen molar-refractivity contribution in [3.63, 3.8) is 0 Å². The minimum Gasteiger partial charge on any atom is -0.496 e. The van der Waals surface area contributed by atoms with E-state index in [1.165, 1.54) is 16.7 Å². The molecule has 0 amide bonds. The van der Waals surface area contributed by atoms with Crippen LogP contribution in [-0.4, -0.2) is 14.2 Å². The number of benzene rings is 2. The molecule has 4 heteroatoms. The Balaban J connectivity index is 2.51. The molecule has 0 bridgehead atoms. The van der Waals surface area contributed by atoms with E-state index in [0.717, 1.165) is 26.9 Å². The molecule has 0 saturated heterocycles. The second-order valence-electron chi connectivity index (χ2n) is 5.17. The van der Waals surface area contributed by atoms with Crippen molar-refractivity contribution in [2.24, 2.45) is 0 Å². The largest absolute Gasteiger partial charge is 0.496 e. The molecule has 1 unspecified atom stereocenters. The second-order valence-corrected chi connectivity index (χ2v) is 6.82. The first kappa shape index (κ1) is 17.4. The van der Waals surface area contributed by atoms with Crippen LogP contribution in [0.2, 0.25) is 0 Å². The first-order chi connectivity index (χ1) is 10.5. The standard InChI is InChI=1S/C18H20Br2O2/c1-5-12-8-14(18(20)17(9-12)22-4)11(2)13-6-7-15(19)16(10-13)21-3/h6-11H,5H2,1-4H3. The van der Waals surface area contributed by atoms with Gasteiger partial charge in [0.1, 0.15) is 11.5 Å². The smallest absolute Gasteiger partial charge is 0.133 e. The molecule has 0 heterocycles. The lowest BCUT2D eigenvalue weighted by molar-refractivity contribution is 0.410. The predicted molar refractivity (Wildman–Crippen MR) is 98.3 cm³/mol. The van der Waals surface area contributed by atoms with Crippen LogP contribution in [0.4, 0.5) is 0 Å². The summed E-state index contributed by atoms with van der Waals surface area (Å²) < 4.78 is 12.9. The fourth-order valence-electron chi connectivity index (χ4n) is 2.47. The van der Waals surface area contributed by atoms with Gasteiger partial charge < -0.3 is 9.47 Å². The van der Waals surface area contributed by atoms with Gasteiger partial charge in [-0.3, -0.25) is 0 Å². The van der Waals surface area contributed by atoms with Crippen molar-refractivity contribution in [2.45, 2.75) is 26.2 Å². The lowest BCUT2D eigenvalue weighted by Crippen LogP contribution is -2.01. The van der Waals surface area contributed by atoms with E-state index in [1.54, 1.807) is 14.2 Å². The number of hydrogen-bond acceptors (Lipinski definition) is 2. The first-order valence-electron chi connectivity index (χ1n) is 7.21. The molecule has 1 atom stereocenters. The highest BCUT2D eigenvalue weighted by Crippen LogP contribution is 2.39. The average Bonchev–Trinajstić information content (AvgIpc) is 2.55. The van der Waals surface area contributed by atoms with Gasteiger partial charge in [-0.2, -0.15) is 0 Å². The summed E-state index contributed by atoms with van der Waals surface area (Å²) in [5.74, 6) is 1.96. The van der Waals surface area contributed by atoms with Crippen LogP contribution in [0.15, 0.2) is 39.3 Å². The molecule has 2 aromatic carbocycles. The van der Waals surface area contributed by atoms with E-state index >= 15 is 0 Å². The molecule has 0 aromatic heterocycles. The van der Waals surface area contributed by atoms with Crippen LogP contribution in [0.3, 0.4) is 0 Å². The molecule has 0 aliphatic heterocycles. The monoisotopic (exact) mass is 426 g/mol. The minimum atomic E-state index is 0.233. The maximum Gasteiger partial charge on any atom is 0.133 e. The SMILES string of the molecule is CCc1cc(OC)c(Br)c(C(C)c2ccc(Br)c(OC)c2)c1. The number of methoxy groups -OCH3 is 2. The summed E-state index contributed by atoms with van der Waals surface area (Å²) in [7, 11) is 3.39. The molecule has 2 nitrogen and oxygen atoms in total. The maximum absolute atomic E-state index is 5.50. The van der Waals surface area contributed by atoms with Gasteiger partial charge in [-0.1, -0.05) is 26.0 Å². The summed E-state index contributed by atoms with van der Waals surface area (Å²) in [6.45, 7) is 4.35. The molecule has 0 saturated carbocycles. The highest BCUT2D eigenvalue weighted by molar-refractivity contribution is 9.11. The molecule has 0 N–H and O–H groups in total. The molecule has 0 fully saturated rings. The molecule has 2 aromatic rings. The normalized spacial score (nSPS) is 12.1. The summed E-state index contributed by atoms with van der Waals surface area (Å²) in [5.41, 5.74) is 3.70. The van der Waals surface area contributed by atoms with E-state index in [0.29, 0.717) is 0 Å². The third kappa shape index (κ3) is 3.49. The van der Waals surface area contributed by atoms with Gasteiger partial charge in [0.2, 0.25) is 0 Å². The van der Waals surface area contributed by atoms with Crippen LogP contribution >= 0.6 is 31.9 Å². The van der Waals surface area contributed by atoms with E-state index in [1.807, 2.05) is 6.07 Å². The van der Waals surface area contributed by atoms with Gasteiger partial charge in [0, 0.05) is 5.92 Å². The zero-order valence-electron chi connectivity index (χ0n) is 13.2. The summed E-state index contributed by atoms with van der Waals surface area (Å²) in [4.78, 5) is 0. The molecule has 118 valence electrons. The Morgan fingerprint density at radius 2 is 1.68 bits per heavy atom. The van der Waals surface area contributed by atoms with E-state index in [4.69, 9.17) is 9.47 Å². The van der Waals surface area contributed by atoms with Crippen LogP contribution in [0.5, 0.6) is 11.5 Å². The number of aryl methyl sites for hydroxylation is 1. The average molecular weight is 428 g/mol. The molecule has 0 radical (unpaired) electrons. The number of hydrogen-bond donors (Lipinski definition) is 0. The Kier molecular flexibility index (Phi) is 5.93. The topological polar surface area (TPSA) is 18.5 Å². The van der Waals surface area contributed by atoms with Crippen LogP contribution in [0, 0.1) is 0 Å². The van der Waals surface area contributed by atoms with Crippen molar-refractivity contribution in [3.8, 4) is 11.5 Å². The lowest BCUT2D eigenvalue weighted by Gasteiger charge is -2.19. The maximum atomic E-state index is 5.50. The van der Waals surface area contributed by atoms with E-state index in [9.17, 15) is 0 Å². The first-order valence-corrected chi connectivity index (χ1v) is 8.80.